The molecular formula is C31H35F2N7O. The predicted octanol–water partition coefficient (Wildman–Crippen LogP) is 4.94. The van der Waals surface area contributed by atoms with Gasteiger partial charge < -0.3 is 24.0 Å². The summed E-state index contributed by atoms with van der Waals surface area (Å²) in [6, 6.07) is 11.8. The van der Waals surface area contributed by atoms with Crippen LogP contribution in [0.25, 0.3) is 10.8 Å². The van der Waals surface area contributed by atoms with Crippen LogP contribution in [0, 0.1) is 11.8 Å². The van der Waals surface area contributed by atoms with Crippen LogP contribution < -0.4 is 14.5 Å². The molecule has 0 N–H and O–H groups in total. The van der Waals surface area contributed by atoms with Gasteiger partial charge in [-0.25, -0.2) is 9.37 Å². The van der Waals surface area contributed by atoms with Crippen LogP contribution in [0.5, 0.6) is 6.01 Å². The van der Waals surface area contributed by atoms with Crippen LogP contribution in [0.3, 0.4) is 0 Å². The highest BCUT2D eigenvalue weighted by atomic mass is 19.1. The van der Waals surface area contributed by atoms with Gasteiger partial charge in [-0.05, 0) is 57.3 Å². The van der Waals surface area contributed by atoms with Gasteiger partial charge in [-0.15, -0.1) is 0 Å². The third kappa shape index (κ3) is 4.77. The first-order chi connectivity index (χ1) is 20.0. The molecule has 214 valence electrons. The molecule has 2 aromatic heterocycles. The van der Waals surface area contributed by atoms with E-state index >= 15 is 4.39 Å². The van der Waals surface area contributed by atoms with E-state index in [0.717, 1.165) is 41.1 Å². The summed E-state index contributed by atoms with van der Waals surface area (Å²) in [5, 5.41) is 1.50. The van der Waals surface area contributed by atoms with E-state index in [4.69, 9.17) is 14.7 Å². The summed E-state index contributed by atoms with van der Waals surface area (Å²) in [6.07, 6.45) is 5.74. The molecule has 0 aliphatic carbocycles. The van der Waals surface area contributed by atoms with Crippen molar-refractivity contribution in [2.45, 2.75) is 64.3 Å². The molecule has 1 fully saturated rings. The number of halogens is 2. The van der Waals surface area contributed by atoms with E-state index in [9.17, 15) is 4.39 Å². The van der Waals surface area contributed by atoms with E-state index in [1.165, 1.54) is 18.9 Å². The van der Waals surface area contributed by atoms with E-state index < -0.39 is 5.95 Å². The number of benzene rings is 2. The van der Waals surface area contributed by atoms with Crippen molar-refractivity contribution in [3.8, 4) is 6.01 Å². The van der Waals surface area contributed by atoms with Crippen molar-refractivity contribution in [1.82, 2.24) is 24.4 Å². The van der Waals surface area contributed by atoms with Gasteiger partial charge in [0.25, 0.3) is 0 Å². The Morgan fingerprint density at radius 1 is 1.02 bits per heavy atom. The second kappa shape index (κ2) is 10.6. The molecule has 0 spiro atoms. The average molecular weight is 560 g/mol. The summed E-state index contributed by atoms with van der Waals surface area (Å²) in [4.78, 5) is 20.5. The van der Waals surface area contributed by atoms with Gasteiger partial charge in [0.2, 0.25) is 5.95 Å². The lowest BCUT2D eigenvalue weighted by Crippen LogP contribution is -2.43. The molecule has 2 atom stereocenters. The van der Waals surface area contributed by atoms with Gasteiger partial charge in [-0.2, -0.15) is 14.4 Å². The highest BCUT2D eigenvalue weighted by molar-refractivity contribution is 5.95. The zero-order valence-electron chi connectivity index (χ0n) is 23.6. The Kier molecular flexibility index (Phi) is 6.73. The minimum Gasteiger partial charge on any atom is -0.462 e. The minimum absolute atomic E-state index is 0.0811. The van der Waals surface area contributed by atoms with Crippen LogP contribution in [-0.4, -0.2) is 63.2 Å². The number of nitrogens with zero attached hydrogens (tertiary/aromatic N) is 7. The molecule has 8 nitrogen and oxygen atoms in total. The number of ether oxygens (including phenoxy) is 1. The molecular weight excluding hydrogens is 524 g/mol. The maximum Gasteiger partial charge on any atom is 0.318 e. The van der Waals surface area contributed by atoms with Crippen molar-refractivity contribution in [2.75, 3.05) is 36.5 Å². The summed E-state index contributed by atoms with van der Waals surface area (Å²) >= 11 is 0. The Balaban J connectivity index is 1.26. The molecule has 2 aromatic carbocycles. The first-order valence-corrected chi connectivity index (χ1v) is 14.6. The third-order valence-corrected chi connectivity index (χ3v) is 9.00. The number of aromatic nitrogens is 4. The van der Waals surface area contributed by atoms with Crippen molar-refractivity contribution in [3.63, 3.8) is 0 Å². The number of rotatable bonds is 5. The second-order valence-electron chi connectivity index (χ2n) is 11.6. The van der Waals surface area contributed by atoms with Crippen LogP contribution in [0.1, 0.15) is 43.1 Å². The Morgan fingerprint density at radius 3 is 2.73 bits per heavy atom. The smallest absolute Gasteiger partial charge is 0.318 e. The molecule has 1 saturated heterocycles. The van der Waals surface area contributed by atoms with E-state index in [1.807, 2.05) is 28.8 Å². The monoisotopic (exact) mass is 559 g/mol. The fourth-order valence-electron chi connectivity index (χ4n) is 6.64. The highest BCUT2D eigenvalue weighted by Gasteiger charge is 2.33. The number of imidazole rings is 1. The second-order valence-corrected chi connectivity index (χ2v) is 11.6. The summed E-state index contributed by atoms with van der Waals surface area (Å²) < 4.78 is 37.8. The number of hydrogen-bond donors (Lipinski definition) is 0. The van der Waals surface area contributed by atoms with Gasteiger partial charge in [-0.3, -0.25) is 0 Å². The van der Waals surface area contributed by atoms with Crippen molar-refractivity contribution < 1.29 is 13.5 Å². The number of likely N-dealkylation sites (tertiary alicyclic amines) is 1. The van der Waals surface area contributed by atoms with E-state index in [-0.39, 0.29) is 11.9 Å². The fraction of sp³-hybridized carbons (Fsp3) is 0.452. The molecule has 0 radical (unpaired) electrons. The molecule has 41 heavy (non-hydrogen) atoms. The molecule has 0 saturated carbocycles. The Bertz CT molecular complexity index is 1590. The maximum absolute atomic E-state index is 15.0. The lowest BCUT2D eigenvalue weighted by molar-refractivity contribution is 0.119. The number of fused-ring (bicyclic) bond motifs is 3. The van der Waals surface area contributed by atoms with Gasteiger partial charge in [0.15, 0.2) is 0 Å². The molecule has 0 unspecified atom stereocenters. The average Bonchev–Trinajstić information content (AvgIpc) is 3.34. The van der Waals surface area contributed by atoms with Crippen molar-refractivity contribution >= 4 is 22.3 Å². The summed E-state index contributed by atoms with van der Waals surface area (Å²) in [6.45, 7) is 5.90. The third-order valence-electron chi connectivity index (χ3n) is 9.00. The molecule has 0 bridgehead atoms. The molecule has 5 heterocycles. The van der Waals surface area contributed by atoms with Gasteiger partial charge in [0, 0.05) is 41.8 Å². The molecule has 4 aromatic rings. The fourth-order valence-corrected chi connectivity index (χ4v) is 6.64. The van der Waals surface area contributed by atoms with E-state index in [2.05, 4.69) is 33.7 Å². The van der Waals surface area contributed by atoms with Crippen LogP contribution >= 0.6 is 0 Å². The highest BCUT2D eigenvalue weighted by Crippen LogP contribution is 2.37. The predicted molar refractivity (Wildman–Crippen MR) is 154 cm³/mol. The standard InChI is InChI=1S/C31H35F2N7O/c1-20-15-39-19-34-29(33)27(39)17-40(20)30-23-12-14-38(26-11-6-8-21-7-5-10-24(32)28(21)26)16-25(23)35-31(36-30)41-18-22-9-3-4-13-37(22)2/h5-8,10-11,19-20,22H,3-4,9,12-18H2,1-2H3/t20-,22-/m1/s1. The largest absolute Gasteiger partial charge is 0.462 e. The van der Waals surface area contributed by atoms with E-state index in [0.29, 0.717) is 62.3 Å². The van der Waals surface area contributed by atoms with Gasteiger partial charge in [0.05, 0.1) is 30.8 Å². The van der Waals surface area contributed by atoms with Gasteiger partial charge in [0.1, 0.15) is 18.2 Å². The Hall–Kier alpha value is -3.79. The molecule has 0 amide bonds. The summed E-state index contributed by atoms with van der Waals surface area (Å²) in [7, 11) is 2.14. The molecule has 3 aliphatic rings. The van der Waals surface area contributed by atoms with Crippen LogP contribution in [0.15, 0.2) is 42.7 Å². The Labute approximate surface area is 238 Å². The number of hydrogen-bond acceptors (Lipinski definition) is 7. The Morgan fingerprint density at radius 2 is 1.88 bits per heavy atom. The van der Waals surface area contributed by atoms with Crippen molar-refractivity contribution in [1.29, 1.82) is 0 Å². The van der Waals surface area contributed by atoms with Crippen molar-refractivity contribution in [2.24, 2.45) is 0 Å². The number of piperidine rings is 1. The van der Waals surface area contributed by atoms with Crippen molar-refractivity contribution in [3.05, 3.63) is 71.4 Å². The quantitative estimate of drug-likeness (QED) is 0.343. The minimum atomic E-state index is -0.439. The lowest BCUT2D eigenvalue weighted by atomic mass is 10.0. The normalized spacial score (nSPS) is 21.2. The topological polar surface area (TPSA) is 62.6 Å². The number of likely N-dealkylation sites (N-methyl/N-ethyl adjacent to an activating group) is 1. The van der Waals surface area contributed by atoms with E-state index in [1.54, 1.807) is 12.4 Å². The lowest BCUT2D eigenvalue weighted by Gasteiger charge is -2.39. The van der Waals surface area contributed by atoms with Gasteiger partial charge in [-0.1, -0.05) is 30.7 Å². The zero-order chi connectivity index (χ0) is 28.1. The first kappa shape index (κ1) is 26.1. The van der Waals surface area contributed by atoms with Crippen LogP contribution in [0.4, 0.5) is 20.3 Å². The number of anilines is 2. The van der Waals surface area contributed by atoms with Crippen LogP contribution in [0.2, 0.25) is 0 Å². The van der Waals surface area contributed by atoms with Crippen LogP contribution in [-0.2, 0) is 26.1 Å². The first-order valence-electron chi connectivity index (χ1n) is 14.6. The SMILES string of the molecule is C[C@@H]1Cn2cnc(F)c2CN1c1nc(OC[C@H]2CCCCN2C)nc2c1CCN(c1cccc3cccc(F)c13)C2. The molecule has 7 rings (SSSR count). The van der Waals surface area contributed by atoms with Gasteiger partial charge >= 0.3 is 6.01 Å². The summed E-state index contributed by atoms with van der Waals surface area (Å²) in [5.41, 5.74) is 3.33. The molecule has 3 aliphatic heterocycles. The zero-order valence-corrected chi connectivity index (χ0v) is 23.6. The maximum atomic E-state index is 15.0. The summed E-state index contributed by atoms with van der Waals surface area (Å²) in [5.74, 6) is 0.129. The molecule has 10 heteroatoms.